The summed E-state index contributed by atoms with van der Waals surface area (Å²) < 4.78 is 19.9. The van der Waals surface area contributed by atoms with Gasteiger partial charge in [0.15, 0.2) is 11.1 Å². The molecule has 0 aliphatic heterocycles. The van der Waals surface area contributed by atoms with Crippen LogP contribution in [-0.4, -0.2) is 8.76 Å². The van der Waals surface area contributed by atoms with Crippen LogP contribution >= 0.6 is 11.6 Å². The molecule has 0 spiro atoms. The number of halogens is 1. The lowest BCUT2D eigenvalue weighted by Crippen LogP contribution is -1.89. The molecule has 2 rings (SSSR count). The van der Waals surface area contributed by atoms with Crippen molar-refractivity contribution in [2.75, 3.05) is 0 Å². The summed E-state index contributed by atoms with van der Waals surface area (Å²) in [6.45, 7) is 0. The molecule has 4 heteroatoms. The Morgan fingerprint density at radius 1 is 1.00 bits per heavy atom. The predicted octanol–water partition coefficient (Wildman–Crippen LogP) is 3.59. The molecule has 2 nitrogen and oxygen atoms in total. The number of benzene rings is 2. The van der Waals surface area contributed by atoms with Gasteiger partial charge in [-0.1, -0.05) is 48.0 Å². The van der Waals surface area contributed by atoms with E-state index in [1.165, 1.54) is 0 Å². The second-order valence-corrected chi connectivity index (χ2v) is 4.61. The molecule has 0 saturated carbocycles. The van der Waals surface area contributed by atoms with Crippen molar-refractivity contribution in [2.24, 2.45) is 0 Å². The van der Waals surface area contributed by atoms with E-state index in [1.54, 1.807) is 18.2 Å². The minimum atomic E-state index is -2.04. The molecule has 1 atom stereocenters. The molecule has 2 aromatic rings. The largest absolute Gasteiger partial charge is 0.302 e. The van der Waals surface area contributed by atoms with E-state index in [9.17, 15) is 4.21 Å². The van der Waals surface area contributed by atoms with Gasteiger partial charge in [-0.3, -0.25) is 0 Å². The summed E-state index contributed by atoms with van der Waals surface area (Å²) >= 11 is 3.88. The predicted molar refractivity (Wildman–Crippen MR) is 65.9 cm³/mol. The molecule has 0 aliphatic rings. The van der Waals surface area contributed by atoms with Crippen LogP contribution in [-0.2, 0) is 11.1 Å². The number of hydrogen-bond acceptors (Lipinski definition) is 1. The third kappa shape index (κ3) is 2.32. The van der Waals surface area contributed by atoms with Gasteiger partial charge in [0.05, 0.1) is 9.92 Å². The maximum absolute atomic E-state index is 10.9. The Hall–Kier alpha value is -1.16. The molecule has 0 radical (unpaired) electrons. The standard InChI is InChI=1S/C12H9ClO2S/c13-11-8-10(6-7-12(11)16(14)15)9-4-2-1-3-5-9/h1-8H,(H,14,15). The zero-order valence-corrected chi connectivity index (χ0v) is 9.83. The molecule has 0 amide bonds. The topological polar surface area (TPSA) is 37.3 Å². The van der Waals surface area contributed by atoms with Gasteiger partial charge in [-0.15, -0.1) is 0 Å². The zero-order valence-electron chi connectivity index (χ0n) is 8.26. The first-order valence-electron chi connectivity index (χ1n) is 4.64. The van der Waals surface area contributed by atoms with E-state index in [0.29, 0.717) is 5.02 Å². The Kier molecular flexibility index (Phi) is 3.39. The van der Waals surface area contributed by atoms with Gasteiger partial charge >= 0.3 is 0 Å². The van der Waals surface area contributed by atoms with Crippen LogP contribution in [0.25, 0.3) is 11.1 Å². The highest BCUT2D eigenvalue weighted by Crippen LogP contribution is 2.26. The summed E-state index contributed by atoms with van der Waals surface area (Å²) in [5.74, 6) is 0. The third-order valence-electron chi connectivity index (χ3n) is 2.23. The Morgan fingerprint density at radius 3 is 2.25 bits per heavy atom. The van der Waals surface area contributed by atoms with Crippen molar-refractivity contribution in [1.29, 1.82) is 0 Å². The monoisotopic (exact) mass is 252 g/mol. The third-order valence-corrected chi connectivity index (χ3v) is 3.38. The lowest BCUT2D eigenvalue weighted by atomic mass is 10.1. The van der Waals surface area contributed by atoms with Crippen molar-refractivity contribution in [2.45, 2.75) is 4.90 Å². The maximum Gasteiger partial charge on any atom is 0.188 e. The highest BCUT2D eigenvalue weighted by atomic mass is 35.5. The number of rotatable bonds is 2. The minimum absolute atomic E-state index is 0.237. The molecule has 16 heavy (non-hydrogen) atoms. The van der Waals surface area contributed by atoms with Crippen LogP contribution in [0, 0.1) is 0 Å². The molecule has 1 unspecified atom stereocenters. The first kappa shape index (κ1) is 11.3. The van der Waals surface area contributed by atoms with Crippen LogP contribution in [0.2, 0.25) is 5.02 Å². The quantitative estimate of drug-likeness (QED) is 0.830. The van der Waals surface area contributed by atoms with E-state index in [2.05, 4.69) is 0 Å². The van der Waals surface area contributed by atoms with Crippen LogP contribution in [0.4, 0.5) is 0 Å². The molecule has 0 aromatic heterocycles. The van der Waals surface area contributed by atoms with Gasteiger partial charge in [-0.2, -0.15) is 0 Å². The van der Waals surface area contributed by atoms with Gasteiger partial charge in [-0.05, 0) is 23.3 Å². The van der Waals surface area contributed by atoms with Gasteiger partial charge < -0.3 is 4.55 Å². The average Bonchev–Trinajstić information content (AvgIpc) is 2.29. The van der Waals surface area contributed by atoms with Gasteiger partial charge in [0.1, 0.15) is 0 Å². The van der Waals surface area contributed by atoms with Crippen LogP contribution in [0.1, 0.15) is 0 Å². The van der Waals surface area contributed by atoms with Crippen LogP contribution < -0.4 is 0 Å². The normalized spacial score (nSPS) is 12.4. The van der Waals surface area contributed by atoms with Gasteiger partial charge in [0.2, 0.25) is 0 Å². The molecule has 0 aliphatic carbocycles. The fourth-order valence-corrected chi connectivity index (χ4v) is 2.24. The van der Waals surface area contributed by atoms with Crippen molar-refractivity contribution < 1.29 is 8.76 Å². The van der Waals surface area contributed by atoms with E-state index in [4.69, 9.17) is 16.2 Å². The minimum Gasteiger partial charge on any atom is -0.302 e. The highest BCUT2D eigenvalue weighted by Gasteiger charge is 2.07. The number of hydrogen-bond donors (Lipinski definition) is 1. The fraction of sp³-hybridized carbons (Fsp3) is 0. The van der Waals surface area contributed by atoms with Crippen molar-refractivity contribution in [3.63, 3.8) is 0 Å². The van der Waals surface area contributed by atoms with E-state index in [1.807, 2.05) is 30.3 Å². The van der Waals surface area contributed by atoms with Crippen molar-refractivity contribution in [1.82, 2.24) is 0 Å². The van der Waals surface area contributed by atoms with E-state index in [-0.39, 0.29) is 4.90 Å². The summed E-state index contributed by atoms with van der Waals surface area (Å²) in [6.07, 6.45) is 0. The first-order chi connectivity index (χ1) is 7.68. The summed E-state index contributed by atoms with van der Waals surface area (Å²) in [6, 6.07) is 14.8. The Morgan fingerprint density at radius 2 is 1.69 bits per heavy atom. The first-order valence-corrected chi connectivity index (χ1v) is 6.13. The Bertz CT molecular complexity index is 526. The van der Waals surface area contributed by atoms with E-state index in [0.717, 1.165) is 11.1 Å². The summed E-state index contributed by atoms with van der Waals surface area (Å²) in [5, 5.41) is 0.308. The Labute approximate surface area is 101 Å². The molecule has 0 heterocycles. The highest BCUT2D eigenvalue weighted by molar-refractivity contribution is 7.79. The second kappa shape index (κ2) is 4.78. The average molecular weight is 253 g/mol. The second-order valence-electron chi connectivity index (χ2n) is 3.26. The van der Waals surface area contributed by atoms with Crippen LogP contribution in [0.5, 0.6) is 0 Å². The van der Waals surface area contributed by atoms with Gasteiger partial charge in [0.25, 0.3) is 0 Å². The Balaban J connectivity index is 2.46. The van der Waals surface area contributed by atoms with Gasteiger partial charge in [0, 0.05) is 0 Å². The molecular formula is C12H9ClO2S. The zero-order chi connectivity index (χ0) is 11.5. The fourth-order valence-electron chi connectivity index (χ4n) is 1.45. The van der Waals surface area contributed by atoms with E-state index < -0.39 is 11.1 Å². The molecule has 82 valence electrons. The molecule has 0 saturated heterocycles. The van der Waals surface area contributed by atoms with Crippen LogP contribution in [0.3, 0.4) is 0 Å². The summed E-state index contributed by atoms with van der Waals surface area (Å²) in [7, 11) is 0. The lowest BCUT2D eigenvalue weighted by molar-refractivity contribution is 0.564. The van der Waals surface area contributed by atoms with Crippen molar-refractivity contribution in [3.05, 3.63) is 53.6 Å². The SMILES string of the molecule is O=S(O)c1ccc(-c2ccccc2)cc1Cl. The van der Waals surface area contributed by atoms with Crippen LogP contribution in [0.15, 0.2) is 53.4 Å². The molecular weight excluding hydrogens is 244 g/mol. The summed E-state index contributed by atoms with van der Waals surface area (Å²) in [4.78, 5) is 0.237. The molecule has 0 bridgehead atoms. The molecule has 2 aromatic carbocycles. The maximum atomic E-state index is 10.9. The summed E-state index contributed by atoms with van der Waals surface area (Å²) in [5.41, 5.74) is 1.96. The molecule has 0 fully saturated rings. The lowest BCUT2D eigenvalue weighted by Gasteiger charge is -2.04. The van der Waals surface area contributed by atoms with Gasteiger partial charge in [-0.25, -0.2) is 4.21 Å². The van der Waals surface area contributed by atoms with Crippen molar-refractivity contribution >= 4 is 22.7 Å². The molecule has 1 N–H and O–H groups in total. The van der Waals surface area contributed by atoms with Crippen molar-refractivity contribution in [3.8, 4) is 11.1 Å². The van der Waals surface area contributed by atoms with E-state index >= 15 is 0 Å². The smallest absolute Gasteiger partial charge is 0.188 e.